The highest BCUT2D eigenvalue weighted by Crippen LogP contribution is 2.29. The zero-order chi connectivity index (χ0) is 12.3. The number of nitrogens with zero attached hydrogens (tertiary/aromatic N) is 1. The Morgan fingerprint density at radius 3 is 2.94 bits per heavy atom. The molecule has 1 N–H and O–H groups in total. The third kappa shape index (κ3) is 3.54. The SMILES string of the molecule is CC(C)NCC1CCN(C(C)c2cccs2)C1. The highest BCUT2D eigenvalue weighted by molar-refractivity contribution is 7.10. The summed E-state index contributed by atoms with van der Waals surface area (Å²) in [6.45, 7) is 10.5. The van der Waals surface area contributed by atoms with E-state index in [1.165, 1.54) is 30.9 Å². The van der Waals surface area contributed by atoms with Crippen molar-refractivity contribution in [3.05, 3.63) is 22.4 Å². The number of likely N-dealkylation sites (tertiary alicyclic amines) is 1. The van der Waals surface area contributed by atoms with E-state index in [0.29, 0.717) is 12.1 Å². The van der Waals surface area contributed by atoms with E-state index in [0.717, 1.165) is 5.92 Å². The van der Waals surface area contributed by atoms with Crippen LogP contribution in [-0.4, -0.2) is 30.6 Å². The molecule has 0 amide bonds. The molecule has 1 fully saturated rings. The first-order chi connectivity index (χ1) is 8.16. The highest BCUT2D eigenvalue weighted by atomic mass is 32.1. The van der Waals surface area contributed by atoms with Crippen molar-refractivity contribution in [3.8, 4) is 0 Å². The Morgan fingerprint density at radius 2 is 2.29 bits per heavy atom. The molecule has 1 aromatic rings. The second-order valence-corrected chi connectivity index (χ2v) is 6.38. The Balaban J connectivity index is 1.81. The van der Waals surface area contributed by atoms with Crippen LogP contribution < -0.4 is 5.32 Å². The maximum atomic E-state index is 3.56. The number of nitrogens with one attached hydrogen (secondary N) is 1. The smallest absolute Gasteiger partial charge is 0.0413 e. The molecule has 17 heavy (non-hydrogen) atoms. The Morgan fingerprint density at radius 1 is 1.47 bits per heavy atom. The summed E-state index contributed by atoms with van der Waals surface area (Å²) in [4.78, 5) is 4.13. The molecule has 1 aliphatic rings. The standard InChI is InChI=1S/C14H24N2S/c1-11(2)15-9-13-6-7-16(10-13)12(3)14-5-4-8-17-14/h4-5,8,11-13,15H,6-7,9-10H2,1-3H3. The minimum absolute atomic E-state index is 0.596. The van der Waals surface area contributed by atoms with Gasteiger partial charge in [0.2, 0.25) is 0 Å². The van der Waals surface area contributed by atoms with Crippen LogP contribution in [0.1, 0.15) is 38.1 Å². The Labute approximate surface area is 109 Å². The van der Waals surface area contributed by atoms with Gasteiger partial charge >= 0.3 is 0 Å². The summed E-state index contributed by atoms with van der Waals surface area (Å²) in [5, 5.41) is 5.74. The van der Waals surface area contributed by atoms with Gasteiger partial charge in [-0.05, 0) is 43.8 Å². The van der Waals surface area contributed by atoms with Crippen LogP contribution in [0.3, 0.4) is 0 Å². The van der Waals surface area contributed by atoms with E-state index in [1.807, 2.05) is 11.3 Å². The molecule has 2 rings (SSSR count). The first-order valence-corrected chi connectivity index (χ1v) is 7.55. The lowest BCUT2D eigenvalue weighted by Gasteiger charge is -2.23. The topological polar surface area (TPSA) is 15.3 Å². The van der Waals surface area contributed by atoms with E-state index >= 15 is 0 Å². The van der Waals surface area contributed by atoms with Gasteiger partial charge in [0.05, 0.1) is 0 Å². The number of hydrogen-bond acceptors (Lipinski definition) is 3. The van der Waals surface area contributed by atoms with Crippen molar-refractivity contribution in [2.75, 3.05) is 19.6 Å². The second kappa shape index (κ2) is 5.98. The molecule has 0 bridgehead atoms. The fourth-order valence-electron chi connectivity index (χ4n) is 2.49. The van der Waals surface area contributed by atoms with Crippen LogP contribution in [-0.2, 0) is 0 Å². The lowest BCUT2D eigenvalue weighted by atomic mass is 10.1. The van der Waals surface area contributed by atoms with Crippen LogP contribution in [0.15, 0.2) is 17.5 Å². The molecule has 3 heteroatoms. The maximum absolute atomic E-state index is 3.56. The predicted molar refractivity (Wildman–Crippen MR) is 75.6 cm³/mol. The molecule has 0 spiro atoms. The molecule has 0 radical (unpaired) electrons. The molecule has 96 valence electrons. The van der Waals surface area contributed by atoms with Gasteiger partial charge in [-0.25, -0.2) is 0 Å². The fourth-order valence-corrected chi connectivity index (χ4v) is 3.31. The van der Waals surface area contributed by atoms with Crippen LogP contribution in [0.25, 0.3) is 0 Å². The van der Waals surface area contributed by atoms with Crippen molar-refractivity contribution in [3.63, 3.8) is 0 Å². The first-order valence-electron chi connectivity index (χ1n) is 6.67. The summed E-state index contributed by atoms with van der Waals surface area (Å²) in [6, 6.07) is 5.62. The molecule has 0 aliphatic carbocycles. The van der Waals surface area contributed by atoms with Gasteiger partial charge in [0.15, 0.2) is 0 Å². The van der Waals surface area contributed by atoms with Gasteiger partial charge in [0.25, 0.3) is 0 Å². The van der Waals surface area contributed by atoms with Crippen LogP contribution >= 0.6 is 11.3 Å². The van der Waals surface area contributed by atoms with Gasteiger partial charge in [-0.3, -0.25) is 4.90 Å². The molecule has 0 aromatic carbocycles. The summed E-state index contributed by atoms with van der Waals surface area (Å²) < 4.78 is 0. The lowest BCUT2D eigenvalue weighted by molar-refractivity contribution is 0.254. The van der Waals surface area contributed by atoms with Crippen molar-refractivity contribution in [2.24, 2.45) is 5.92 Å². The van der Waals surface area contributed by atoms with Crippen molar-refractivity contribution in [1.29, 1.82) is 0 Å². The van der Waals surface area contributed by atoms with E-state index in [9.17, 15) is 0 Å². The van der Waals surface area contributed by atoms with Gasteiger partial charge in [0, 0.05) is 23.5 Å². The minimum Gasteiger partial charge on any atom is -0.314 e. The van der Waals surface area contributed by atoms with E-state index in [4.69, 9.17) is 0 Å². The average molecular weight is 252 g/mol. The van der Waals surface area contributed by atoms with Crippen molar-refractivity contribution < 1.29 is 0 Å². The fraction of sp³-hybridized carbons (Fsp3) is 0.714. The third-order valence-corrected chi connectivity index (χ3v) is 4.68. The molecule has 1 aromatic heterocycles. The van der Waals surface area contributed by atoms with Crippen LogP contribution in [0.5, 0.6) is 0 Å². The molecule has 2 atom stereocenters. The van der Waals surface area contributed by atoms with Gasteiger partial charge in [-0.1, -0.05) is 19.9 Å². The quantitative estimate of drug-likeness (QED) is 0.866. The summed E-state index contributed by atoms with van der Waals surface area (Å²) in [6.07, 6.45) is 1.34. The summed E-state index contributed by atoms with van der Waals surface area (Å²) in [5.41, 5.74) is 0. The minimum atomic E-state index is 0.596. The van der Waals surface area contributed by atoms with Gasteiger partial charge in [0.1, 0.15) is 0 Å². The average Bonchev–Trinajstić information content (AvgIpc) is 2.97. The van der Waals surface area contributed by atoms with E-state index in [2.05, 4.69) is 48.5 Å². The molecule has 1 aliphatic heterocycles. The van der Waals surface area contributed by atoms with Crippen molar-refractivity contribution in [1.82, 2.24) is 10.2 Å². The maximum Gasteiger partial charge on any atom is 0.0413 e. The Kier molecular flexibility index (Phi) is 4.60. The zero-order valence-electron chi connectivity index (χ0n) is 11.1. The van der Waals surface area contributed by atoms with E-state index in [-0.39, 0.29) is 0 Å². The van der Waals surface area contributed by atoms with Gasteiger partial charge in [-0.15, -0.1) is 11.3 Å². The third-order valence-electron chi connectivity index (χ3n) is 3.63. The van der Waals surface area contributed by atoms with Gasteiger partial charge < -0.3 is 5.32 Å². The number of thiophene rings is 1. The zero-order valence-corrected chi connectivity index (χ0v) is 12.0. The van der Waals surface area contributed by atoms with Crippen LogP contribution in [0, 0.1) is 5.92 Å². The van der Waals surface area contributed by atoms with E-state index in [1.54, 1.807) is 0 Å². The highest BCUT2D eigenvalue weighted by Gasteiger charge is 2.26. The van der Waals surface area contributed by atoms with Crippen molar-refractivity contribution in [2.45, 2.75) is 39.3 Å². The molecular weight excluding hydrogens is 228 g/mol. The van der Waals surface area contributed by atoms with E-state index < -0.39 is 0 Å². The molecule has 0 saturated carbocycles. The largest absolute Gasteiger partial charge is 0.314 e. The summed E-state index contributed by atoms with van der Waals surface area (Å²) in [5.74, 6) is 0.833. The number of rotatable bonds is 5. The molecule has 2 heterocycles. The molecule has 2 unspecified atom stereocenters. The van der Waals surface area contributed by atoms with Crippen molar-refractivity contribution >= 4 is 11.3 Å². The molecular formula is C14H24N2S. The first kappa shape index (κ1) is 13.1. The predicted octanol–water partition coefficient (Wildman–Crippen LogP) is 3.13. The molecule has 1 saturated heterocycles. The monoisotopic (exact) mass is 252 g/mol. The summed E-state index contributed by atoms with van der Waals surface area (Å²) >= 11 is 1.88. The lowest BCUT2D eigenvalue weighted by Crippen LogP contribution is -2.31. The normalized spacial score (nSPS) is 23.4. The number of hydrogen-bond donors (Lipinski definition) is 1. The van der Waals surface area contributed by atoms with Gasteiger partial charge in [-0.2, -0.15) is 0 Å². The second-order valence-electron chi connectivity index (χ2n) is 5.40. The van der Waals surface area contributed by atoms with Crippen LogP contribution in [0.4, 0.5) is 0 Å². The Hall–Kier alpha value is -0.380. The summed E-state index contributed by atoms with van der Waals surface area (Å²) in [7, 11) is 0. The molecule has 2 nitrogen and oxygen atoms in total. The van der Waals surface area contributed by atoms with Crippen LogP contribution in [0.2, 0.25) is 0 Å². The Bertz CT molecular complexity index is 321.